The molecule has 2 fully saturated rings. The maximum absolute atomic E-state index is 10.7. The highest BCUT2D eigenvalue weighted by Crippen LogP contribution is 2.39. The highest BCUT2D eigenvalue weighted by Gasteiger charge is 2.30. The second-order valence-corrected chi connectivity index (χ2v) is 6.20. The van der Waals surface area contributed by atoms with Crippen LogP contribution in [-0.2, 0) is 0 Å². The number of hydrogen-bond donors (Lipinski definition) is 1. The van der Waals surface area contributed by atoms with Crippen molar-refractivity contribution in [3.63, 3.8) is 0 Å². The summed E-state index contributed by atoms with van der Waals surface area (Å²) in [6, 6.07) is 6.52. The number of hydrogen-bond acceptors (Lipinski definition) is 4. The highest BCUT2D eigenvalue weighted by atomic mass is 16.4. The quantitative estimate of drug-likeness (QED) is 0.868. The van der Waals surface area contributed by atoms with Gasteiger partial charge in [-0.05, 0) is 55.2 Å². The molecule has 4 nitrogen and oxygen atoms in total. The Labute approximate surface area is 125 Å². The smallest absolute Gasteiger partial charge is 0.0715 e. The first-order valence-corrected chi connectivity index (χ1v) is 7.85. The van der Waals surface area contributed by atoms with Crippen LogP contribution >= 0.6 is 0 Å². The van der Waals surface area contributed by atoms with Gasteiger partial charge >= 0.3 is 0 Å². The fraction of sp³-hybridized carbons (Fsp3) is 0.529. The second kappa shape index (κ2) is 6.29. The van der Waals surface area contributed by atoms with E-state index in [1.807, 2.05) is 0 Å². The highest BCUT2D eigenvalue weighted by molar-refractivity contribution is 5.87. The first-order valence-electron chi connectivity index (χ1n) is 7.85. The van der Waals surface area contributed by atoms with E-state index in [0.29, 0.717) is 0 Å². The average Bonchev–Trinajstić information content (AvgIpc) is 2.53. The van der Waals surface area contributed by atoms with Crippen LogP contribution in [0.25, 0.3) is 0 Å². The second-order valence-electron chi connectivity index (χ2n) is 6.20. The lowest BCUT2D eigenvalue weighted by atomic mass is 9.70. The van der Waals surface area contributed by atoms with E-state index >= 15 is 0 Å². The van der Waals surface area contributed by atoms with Crippen molar-refractivity contribution < 1.29 is 9.90 Å². The third-order valence-corrected chi connectivity index (χ3v) is 4.83. The van der Waals surface area contributed by atoms with Crippen LogP contribution in [0, 0.1) is 11.8 Å². The van der Waals surface area contributed by atoms with E-state index in [4.69, 9.17) is 0 Å². The molecule has 1 aromatic rings. The molecule has 0 bridgehead atoms. The van der Waals surface area contributed by atoms with Crippen molar-refractivity contribution in [2.24, 2.45) is 16.9 Å². The average molecular weight is 285 g/mol. The van der Waals surface area contributed by atoms with Crippen LogP contribution in [0.5, 0.6) is 0 Å². The molecule has 4 heteroatoms. The van der Waals surface area contributed by atoms with Crippen LogP contribution in [0.4, 0.5) is 5.69 Å². The topological polar surface area (TPSA) is 64.5 Å². The summed E-state index contributed by atoms with van der Waals surface area (Å²) in [7, 11) is 0. The van der Waals surface area contributed by atoms with Crippen LogP contribution in [0.1, 0.15) is 55.3 Å². The lowest BCUT2D eigenvalue weighted by molar-refractivity contribution is -0.255. The molecule has 1 aromatic carbocycles. The zero-order valence-electron chi connectivity index (χ0n) is 12.2. The number of anilines is 1. The number of nitrogens with zero attached hydrogens (tertiary/aromatic N) is 1. The molecule has 0 radical (unpaired) electrons. The van der Waals surface area contributed by atoms with E-state index in [-0.39, 0.29) is 5.56 Å². The Balaban J connectivity index is 1.59. The molecule has 0 spiro atoms. The molecule has 21 heavy (non-hydrogen) atoms. The number of carbonyl (C=O) groups excluding carboxylic acids is 1. The molecule has 2 aliphatic carbocycles. The van der Waals surface area contributed by atoms with Gasteiger partial charge in [-0.3, -0.25) is 5.43 Å². The summed E-state index contributed by atoms with van der Waals surface area (Å²) < 4.78 is 0. The zero-order valence-corrected chi connectivity index (χ0v) is 12.2. The van der Waals surface area contributed by atoms with Gasteiger partial charge in [0.25, 0.3) is 0 Å². The van der Waals surface area contributed by atoms with Crippen LogP contribution in [0.15, 0.2) is 29.4 Å². The largest absolute Gasteiger partial charge is 0.545 e. The van der Waals surface area contributed by atoms with E-state index in [9.17, 15) is 9.90 Å². The van der Waals surface area contributed by atoms with Crippen molar-refractivity contribution in [2.75, 3.05) is 5.43 Å². The van der Waals surface area contributed by atoms with Gasteiger partial charge in [0.1, 0.15) is 0 Å². The number of benzene rings is 1. The molecule has 0 heterocycles. The number of rotatable bonds is 3. The molecular formula is C17H21N2O2-. The van der Waals surface area contributed by atoms with E-state index in [1.54, 1.807) is 12.1 Å². The van der Waals surface area contributed by atoms with E-state index in [0.717, 1.165) is 30.4 Å². The maximum atomic E-state index is 10.7. The Bertz CT molecular complexity index is 536. The van der Waals surface area contributed by atoms with Crippen molar-refractivity contribution in [3.05, 3.63) is 29.8 Å². The monoisotopic (exact) mass is 285 g/mol. The molecule has 0 aliphatic heterocycles. The number of carboxylic acid groups (broad SMARTS) is 1. The minimum absolute atomic E-state index is 0.191. The van der Waals surface area contributed by atoms with Gasteiger partial charge in [-0.25, -0.2) is 0 Å². The lowest BCUT2D eigenvalue weighted by Gasteiger charge is -2.35. The summed E-state index contributed by atoms with van der Waals surface area (Å²) in [5, 5.41) is 15.2. The summed E-state index contributed by atoms with van der Waals surface area (Å²) in [4.78, 5) is 10.7. The summed E-state index contributed by atoms with van der Waals surface area (Å²) in [6.07, 6.45) is 9.00. The minimum atomic E-state index is -1.15. The molecule has 2 saturated carbocycles. The number of carboxylic acids is 1. The van der Waals surface area contributed by atoms with Gasteiger partial charge < -0.3 is 9.90 Å². The molecule has 0 aromatic heterocycles. The third-order valence-electron chi connectivity index (χ3n) is 4.83. The molecular weight excluding hydrogens is 264 g/mol. The number of hydrazone groups is 1. The predicted molar refractivity (Wildman–Crippen MR) is 81.1 cm³/mol. The molecule has 0 unspecified atom stereocenters. The van der Waals surface area contributed by atoms with Gasteiger partial charge in [-0.2, -0.15) is 5.10 Å². The van der Waals surface area contributed by atoms with Gasteiger partial charge in [0.15, 0.2) is 0 Å². The van der Waals surface area contributed by atoms with Gasteiger partial charge in [-0.15, -0.1) is 0 Å². The molecule has 0 saturated heterocycles. The fourth-order valence-electron chi connectivity index (χ4n) is 3.62. The van der Waals surface area contributed by atoms with Gasteiger partial charge in [0.05, 0.1) is 11.7 Å². The van der Waals surface area contributed by atoms with Crippen molar-refractivity contribution in [1.29, 1.82) is 0 Å². The first kappa shape index (κ1) is 14.1. The Morgan fingerprint density at radius 2 is 1.81 bits per heavy atom. The number of fused-ring (bicyclic) bond motifs is 1. The molecule has 112 valence electrons. The van der Waals surface area contributed by atoms with Crippen LogP contribution in [0.2, 0.25) is 0 Å². The van der Waals surface area contributed by atoms with E-state index in [2.05, 4.69) is 10.5 Å². The predicted octanol–water partition coefficient (Wildman–Crippen LogP) is 2.81. The van der Waals surface area contributed by atoms with Crippen LogP contribution in [-0.4, -0.2) is 11.7 Å². The number of aromatic carboxylic acids is 1. The van der Waals surface area contributed by atoms with E-state index in [1.165, 1.54) is 49.9 Å². The van der Waals surface area contributed by atoms with E-state index < -0.39 is 5.97 Å². The Morgan fingerprint density at radius 1 is 1.10 bits per heavy atom. The standard InChI is InChI=1S/C17H22N2O2/c20-17(21)13-6-8-15(9-7-13)18-19-16-10-5-12-3-1-2-4-14(12)11-16/h6-9,12,14,18H,1-5,10-11H2,(H,20,21)/p-1/b19-16+/t12-,14+/m0/s1. The Hall–Kier alpha value is -1.84. The summed E-state index contributed by atoms with van der Waals surface area (Å²) in [5.74, 6) is 0.594. The Kier molecular flexibility index (Phi) is 4.23. The third kappa shape index (κ3) is 3.43. The molecule has 0 amide bonds. The van der Waals surface area contributed by atoms with Crippen molar-refractivity contribution in [3.8, 4) is 0 Å². The van der Waals surface area contributed by atoms with Gasteiger partial charge in [0.2, 0.25) is 0 Å². The Morgan fingerprint density at radius 3 is 2.52 bits per heavy atom. The summed E-state index contributed by atoms with van der Waals surface area (Å²) >= 11 is 0. The van der Waals surface area contributed by atoms with Crippen molar-refractivity contribution in [1.82, 2.24) is 0 Å². The SMILES string of the molecule is O=C([O-])c1ccc(N/N=C2\CC[C@@H]3CCCC[C@@H]3C2)cc1. The molecule has 3 rings (SSSR count). The normalized spacial score (nSPS) is 27.1. The van der Waals surface area contributed by atoms with Crippen LogP contribution in [0.3, 0.4) is 0 Å². The van der Waals surface area contributed by atoms with Crippen molar-refractivity contribution >= 4 is 17.4 Å². The molecule has 1 N–H and O–H groups in total. The molecule has 2 atom stereocenters. The van der Waals surface area contributed by atoms with Gasteiger partial charge in [-0.1, -0.05) is 31.4 Å². The minimum Gasteiger partial charge on any atom is -0.545 e. The first-order chi connectivity index (χ1) is 10.2. The number of nitrogens with one attached hydrogen (secondary N) is 1. The molecule has 2 aliphatic rings. The van der Waals surface area contributed by atoms with Gasteiger partial charge in [0, 0.05) is 5.71 Å². The maximum Gasteiger partial charge on any atom is 0.0715 e. The van der Waals surface area contributed by atoms with Crippen molar-refractivity contribution in [2.45, 2.75) is 44.9 Å². The number of carbonyl (C=O) groups is 1. The summed E-state index contributed by atoms with van der Waals surface area (Å²) in [6.45, 7) is 0. The zero-order chi connectivity index (χ0) is 14.7. The lowest BCUT2D eigenvalue weighted by Crippen LogP contribution is -2.28. The summed E-state index contributed by atoms with van der Waals surface area (Å²) in [5.41, 5.74) is 5.31. The fourth-order valence-corrected chi connectivity index (χ4v) is 3.62. The van der Waals surface area contributed by atoms with Crippen LogP contribution < -0.4 is 10.5 Å².